The summed E-state index contributed by atoms with van der Waals surface area (Å²) in [7, 11) is 0. The summed E-state index contributed by atoms with van der Waals surface area (Å²) < 4.78 is 5.97. The van der Waals surface area contributed by atoms with E-state index in [0.717, 1.165) is 37.3 Å². The lowest BCUT2D eigenvalue weighted by atomic mass is 9.87. The van der Waals surface area contributed by atoms with Crippen LogP contribution in [0.15, 0.2) is 24.3 Å². The van der Waals surface area contributed by atoms with Gasteiger partial charge < -0.3 is 9.64 Å². The van der Waals surface area contributed by atoms with Gasteiger partial charge in [-0.1, -0.05) is 18.2 Å². The van der Waals surface area contributed by atoms with E-state index in [1.54, 1.807) is 0 Å². The Morgan fingerprint density at radius 1 is 1.18 bits per heavy atom. The van der Waals surface area contributed by atoms with Crippen molar-refractivity contribution in [1.82, 2.24) is 4.98 Å². The van der Waals surface area contributed by atoms with E-state index < -0.39 is 0 Å². The van der Waals surface area contributed by atoms with Crippen LogP contribution in [-0.4, -0.2) is 30.8 Å². The van der Waals surface area contributed by atoms with Crippen molar-refractivity contribution in [3.63, 3.8) is 0 Å². The van der Waals surface area contributed by atoms with E-state index in [-0.39, 0.29) is 0 Å². The van der Waals surface area contributed by atoms with Gasteiger partial charge in [-0.3, -0.25) is 4.98 Å². The number of fused-ring (bicyclic) bond motifs is 2. The van der Waals surface area contributed by atoms with Crippen LogP contribution in [-0.2, 0) is 4.74 Å². The van der Waals surface area contributed by atoms with Crippen LogP contribution in [0.25, 0.3) is 10.9 Å². The lowest BCUT2D eigenvalue weighted by molar-refractivity contribution is -0.0357. The summed E-state index contributed by atoms with van der Waals surface area (Å²) in [6.07, 6.45) is 4.16. The Balaban J connectivity index is 1.75. The number of hydrogen-bond donors (Lipinski definition) is 0. The summed E-state index contributed by atoms with van der Waals surface area (Å²) in [5.74, 6) is 0.689. The van der Waals surface area contributed by atoms with Crippen molar-refractivity contribution in [1.29, 1.82) is 0 Å². The van der Waals surface area contributed by atoms with Gasteiger partial charge in [-0.15, -0.1) is 0 Å². The molecule has 0 radical (unpaired) electrons. The van der Waals surface area contributed by atoms with Crippen LogP contribution in [0.5, 0.6) is 0 Å². The maximum absolute atomic E-state index is 5.97. The molecule has 3 nitrogen and oxygen atoms in total. The molecule has 0 aliphatic carbocycles. The number of anilines is 1. The first-order valence-corrected chi connectivity index (χ1v) is 8.46. The van der Waals surface area contributed by atoms with Crippen molar-refractivity contribution in [2.75, 3.05) is 24.6 Å². The molecule has 0 spiro atoms. The molecule has 4 rings (SSSR count). The minimum absolute atomic E-state index is 0.486. The molecule has 2 fully saturated rings. The van der Waals surface area contributed by atoms with Crippen LogP contribution in [0.4, 0.5) is 5.69 Å². The van der Waals surface area contributed by atoms with Crippen LogP contribution >= 0.6 is 0 Å². The summed E-state index contributed by atoms with van der Waals surface area (Å²) in [4.78, 5) is 7.35. The average Bonchev–Trinajstić information content (AvgIpc) is 2.56. The predicted molar refractivity (Wildman–Crippen MR) is 90.5 cm³/mol. The first-order chi connectivity index (χ1) is 10.7. The quantitative estimate of drug-likeness (QED) is 0.799. The molecule has 22 heavy (non-hydrogen) atoms. The lowest BCUT2D eigenvalue weighted by Gasteiger charge is -2.42. The minimum atomic E-state index is 0.486. The Kier molecular flexibility index (Phi) is 3.53. The Morgan fingerprint density at radius 3 is 2.95 bits per heavy atom. The van der Waals surface area contributed by atoms with Gasteiger partial charge in [0.2, 0.25) is 0 Å². The standard InChI is InChI=1S/C19H24N2O/c1-13-14(2)20-17-8-4-3-7-16(17)19(13)21-10-9-18-15(12-21)6-5-11-22-18/h3-4,7-8,15,18H,5-6,9-12H2,1-2H3. The number of aryl methyl sites for hydroxylation is 1. The van der Waals surface area contributed by atoms with Crippen LogP contribution in [0, 0.1) is 19.8 Å². The molecule has 0 saturated carbocycles. The van der Waals surface area contributed by atoms with Crippen LogP contribution in [0.3, 0.4) is 0 Å². The highest BCUT2D eigenvalue weighted by Gasteiger charge is 2.33. The highest BCUT2D eigenvalue weighted by molar-refractivity contribution is 5.93. The zero-order chi connectivity index (χ0) is 15.1. The fourth-order valence-corrected chi connectivity index (χ4v) is 4.11. The van der Waals surface area contributed by atoms with Gasteiger partial charge in [0.25, 0.3) is 0 Å². The molecule has 2 aliphatic rings. The molecule has 2 atom stereocenters. The van der Waals surface area contributed by atoms with Crippen molar-refractivity contribution in [2.24, 2.45) is 5.92 Å². The van der Waals surface area contributed by atoms with Crippen molar-refractivity contribution < 1.29 is 4.74 Å². The van der Waals surface area contributed by atoms with Gasteiger partial charge in [0.1, 0.15) is 0 Å². The number of pyridine rings is 1. The molecule has 0 amide bonds. The number of benzene rings is 1. The molecule has 3 heteroatoms. The van der Waals surface area contributed by atoms with Gasteiger partial charge in [-0.25, -0.2) is 0 Å². The normalized spacial score (nSPS) is 25.3. The van der Waals surface area contributed by atoms with Gasteiger partial charge >= 0.3 is 0 Å². The number of aromatic nitrogens is 1. The lowest BCUT2D eigenvalue weighted by Crippen LogP contribution is -2.46. The van der Waals surface area contributed by atoms with Gasteiger partial charge in [0, 0.05) is 36.7 Å². The topological polar surface area (TPSA) is 25.4 Å². The third-order valence-corrected chi connectivity index (χ3v) is 5.38. The zero-order valence-corrected chi connectivity index (χ0v) is 13.5. The van der Waals surface area contributed by atoms with Gasteiger partial charge in [-0.2, -0.15) is 0 Å². The fraction of sp³-hybridized carbons (Fsp3) is 0.526. The third kappa shape index (κ3) is 2.28. The Labute approximate surface area is 132 Å². The summed E-state index contributed by atoms with van der Waals surface area (Å²) in [6, 6.07) is 8.54. The van der Waals surface area contributed by atoms with E-state index in [1.807, 2.05) is 0 Å². The van der Waals surface area contributed by atoms with Gasteiger partial charge in [0.05, 0.1) is 17.3 Å². The van der Waals surface area contributed by atoms with Crippen molar-refractivity contribution in [2.45, 2.75) is 39.2 Å². The molecule has 116 valence electrons. The fourth-order valence-electron chi connectivity index (χ4n) is 4.11. The maximum Gasteiger partial charge on any atom is 0.0726 e. The smallest absolute Gasteiger partial charge is 0.0726 e. The second-order valence-corrected chi connectivity index (χ2v) is 6.73. The van der Waals surface area contributed by atoms with Gasteiger partial charge in [-0.05, 0) is 44.7 Å². The van der Waals surface area contributed by atoms with E-state index in [4.69, 9.17) is 9.72 Å². The minimum Gasteiger partial charge on any atom is -0.378 e. The molecule has 2 unspecified atom stereocenters. The summed E-state index contributed by atoms with van der Waals surface area (Å²) in [6.45, 7) is 7.52. The highest BCUT2D eigenvalue weighted by Crippen LogP contribution is 2.36. The molecular formula is C19H24N2O. The molecular weight excluding hydrogens is 272 g/mol. The van der Waals surface area contributed by atoms with E-state index in [9.17, 15) is 0 Å². The van der Waals surface area contributed by atoms with E-state index in [2.05, 4.69) is 43.0 Å². The number of ether oxygens (including phenoxy) is 1. The van der Waals surface area contributed by atoms with Gasteiger partial charge in [0.15, 0.2) is 0 Å². The average molecular weight is 296 g/mol. The summed E-state index contributed by atoms with van der Waals surface area (Å²) in [5.41, 5.74) is 4.99. The predicted octanol–water partition coefficient (Wildman–Crippen LogP) is 3.86. The van der Waals surface area contributed by atoms with Crippen LogP contribution in [0.1, 0.15) is 30.5 Å². The number of nitrogens with zero attached hydrogens (tertiary/aromatic N) is 2. The number of rotatable bonds is 1. The summed E-state index contributed by atoms with van der Waals surface area (Å²) in [5, 5.41) is 1.29. The van der Waals surface area contributed by atoms with Crippen LogP contribution in [0.2, 0.25) is 0 Å². The van der Waals surface area contributed by atoms with E-state index >= 15 is 0 Å². The third-order valence-electron chi connectivity index (χ3n) is 5.38. The second kappa shape index (κ2) is 5.54. The number of piperidine rings is 1. The molecule has 0 bridgehead atoms. The van der Waals surface area contributed by atoms with Crippen LogP contribution < -0.4 is 4.90 Å². The zero-order valence-electron chi connectivity index (χ0n) is 13.5. The number of hydrogen-bond acceptors (Lipinski definition) is 3. The SMILES string of the molecule is Cc1nc2ccccc2c(N2CCC3OCCCC3C2)c1C. The second-order valence-electron chi connectivity index (χ2n) is 6.73. The molecule has 0 N–H and O–H groups in total. The highest BCUT2D eigenvalue weighted by atomic mass is 16.5. The Morgan fingerprint density at radius 2 is 2.05 bits per heavy atom. The largest absolute Gasteiger partial charge is 0.378 e. The maximum atomic E-state index is 5.97. The van der Waals surface area contributed by atoms with Crippen molar-refractivity contribution in [3.05, 3.63) is 35.5 Å². The summed E-state index contributed by atoms with van der Waals surface area (Å²) >= 11 is 0. The number of para-hydroxylation sites is 1. The molecule has 2 saturated heterocycles. The molecule has 1 aromatic carbocycles. The van der Waals surface area contributed by atoms with Crippen molar-refractivity contribution >= 4 is 16.6 Å². The molecule has 2 aliphatic heterocycles. The molecule has 3 heterocycles. The van der Waals surface area contributed by atoms with E-state index in [1.165, 1.54) is 29.5 Å². The Hall–Kier alpha value is -1.61. The van der Waals surface area contributed by atoms with Crippen molar-refractivity contribution in [3.8, 4) is 0 Å². The Bertz CT molecular complexity index is 697. The monoisotopic (exact) mass is 296 g/mol. The first-order valence-electron chi connectivity index (χ1n) is 8.46. The first kappa shape index (κ1) is 14.0. The molecule has 1 aromatic heterocycles. The molecule has 2 aromatic rings. The van der Waals surface area contributed by atoms with E-state index in [0.29, 0.717) is 12.0 Å².